The normalized spacial score (nSPS) is 16.6. The zero-order valence-corrected chi connectivity index (χ0v) is 16.0. The molecule has 0 unspecified atom stereocenters. The van der Waals surface area contributed by atoms with Crippen LogP contribution in [-0.2, 0) is 16.6 Å². The van der Waals surface area contributed by atoms with E-state index < -0.39 is 10.0 Å². The average molecular weight is 386 g/mol. The number of piperazine rings is 1. The first-order chi connectivity index (χ1) is 13.1. The fourth-order valence-electron chi connectivity index (χ4n) is 3.36. The van der Waals surface area contributed by atoms with Crippen LogP contribution in [-0.4, -0.2) is 60.3 Å². The minimum atomic E-state index is -3.47. The fraction of sp³-hybridized carbons (Fsp3) is 0.316. The molecule has 2 aromatic heterocycles. The lowest BCUT2D eigenvalue weighted by molar-refractivity contribution is 0.179. The minimum Gasteiger partial charge on any atom is -0.497 e. The van der Waals surface area contributed by atoms with E-state index in [2.05, 4.69) is 14.3 Å². The second kappa shape index (κ2) is 7.30. The molecular weight excluding hydrogens is 364 g/mol. The third-order valence-corrected chi connectivity index (χ3v) is 6.82. The maximum atomic E-state index is 12.8. The number of ether oxygens (including phenoxy) is 1. The van der Waals surface area contributed by atoms with Gasteiger partial charge in [0.2, 0.25) is 10.0 Å². The van der Waals surface area contributed by atoms with Gasteiger partial charge in [0.05, 0.1) is 23.9 Å². The number of rotatable bonds is 5. The zero-order chi connectivity index (χ0) is 18.9. The molecule has 7 nitrogen and oxygen atoms in total. The molecule has 8 heteroatoms. The molecule has 4 rings (SSSR count). The fourth-order valence-corrected chi connectivity index (χ4v) is 4.78. The van der Waals surface area contributed by atoms with Gasteiger partial charge in [-0.2, -0.15) is 4.31 Å². The SMILES string of the molecule is COc1ccc(S(=O)(=O)N2CCN(Cc3cnc4ccccn34)CC2)cc1. The Balaban J connectivity index is 1.42. The molecular formula is C19H22N4O3S. The van der Waals surface area contributed by atoms with E-state index in [9.17, 15) is 8.42 Å². The van der Waals surface area contributed by atoms with Crippen molar-refractivity contribution in [2.45, 2.75) is 11.4 Å². The van der Waals surface area contributed by atoms with Gasteiger partial charge >= 0.3 is 0 Å². The predicted octanol–water partition coefficient (Wildman–Crippen LogP) is 1.85. The van der Waals surface area contributed by atoms with Crippen molar-refractivity contribution in [1.82, 2.24) is 18.6 Å². The average Bonchev–Trinajstić information content (AvgIpc) is 3.11. The molecule has 0 aliphatic carbocycles. The van der Waals surface area contributed by atoms with Crippen molar-refractivity contribution in [2.75, 3.05) is 33.3 Å². The molecule has 142 valence electrons. The summed E-state index contributed by atoms with van der Waals surface area (Å²) in [6, 6.07) is 12.5. The van der Waals surface area contributed by atoms with E-state index in [0.29, 0.717) is 36.8 Å². The van der Waals surface area contributed by atoms with Crippen LogP contribution in [0, 0.1) is 0 Å². The summed E-state index contributed by atoms with van der Waals surface area (Å²) in [6.07, 6.45) is 3.89. The van der Waals surface area contributed by atoms with Crippen molar-refractivity contribution in [2.24, 2.45) is 0 Å². The third kappa shape index (κ3) is 3.55. The van der Waals surface area contributed by atoms with Gasteiger partial charge in [-0.15, -0.1) is 0 Å². The molecule has 0 N–H and O–H groups in total. The van der Waals surface area contributed by atoms with Crippen molar-refractivity contribution in [3.63, 3.8) is 0 Å². The van der Waals surface area contributed by atoms with Gasteiger partial charge in [-0.1, -0.05) is 6.07 Å². The summed E-state index contributed by atoms with van der Waals surface area (Å²) in [7, 11) is -1.91. The van der Waals surface area contributed by atoms with Gasteiger partial charge in [-0.3, -0.25) is 4.90 Å². The monoisotopic (exact) mass is 386 g/mol. The summed E-state index contributed by atoms with van der Waals surface area (Å²) in [5, 5.41) is 0. The topological polar surface area (TPSA) is 67.2 Å². The number of fused-ring (bicyclic) bond motifs is 1. The smallest absolute Gasteiger partial charge is 0.243 e. The lowest BCUT2D eigenvalue weighted by Gasteiger charge is -2.33. The molecule has 3 aromatic rings. The van der Waals surface area contributed by atoms with Crippen molar-refractivity contribution in [1.29, 1.82) is 0 Å². The second-order valence-corrected chi connectivity index (χ2v) is 8.47. The van der Waals surface area contributed by atoms with E-state index in [1.807, 2.05) is 30.6 Å². The standard InChI is InChI=1S/C19H22N4O3S/c1-26-17-5-7-18(8-6-17)27(24,25)22-12-10-21(11-13-22)15-16-14-20-19-4-2-3-9-23(16)19/h2-9,14H,10-13,15H2,1H3. The summed E-state index contributed by atoms with van der Waals surface area (Å²) < 4.78 is 34.4. The van der Waals surface area contributed by atoms with Crippen LogP contribution in [0.3, 0.4) is 0 Å². The van der Waals surface area contributed by atoms with Gasteiger partial charge in [-0.25, -0.2) is 13.4 Å². The molecule has 1 fully saturated rings. The van der Waals surface area contributed by atoms with Crippen molar-refractivity contribution in [3.05, 3.63) is 60.6 Å². The number of methoxy groups -OCH3 is 1. The third-order valence-electron chi connectivity index (χ3n) is 4.91. The predicted molar refractivity (Wildman–Crippen MR) is 102 cm³/mol. The summed E-state index contributed by atoms with van der Waals surface area (Å²) in [6.45, 7) is 3.09. The van der Waals surface area contributed by atoms with Crippen LogP contribution >= 0.6 is 0 Å². The number of hydrogen-bond donors (Lipinski definition) is 0. The van der Waals surface area contributed by atoms with Crippen LogP contribution in [0.4, 0.5) is 0 Å². The highest BCUT2D eigenvalue weighted by Crippen LogP contribution is 2.21. The highest BCUT2D eigenvalue weighted by atomic mass is 32.2. The minimum absolute atomic E-state index is 0.304. The second-order valence-electron chi connectivity index (χ2n) is 6.53. The van der Waals surface area contributed by atoms with Crippen LogP contribution in [0.2, 0.25) is 0 Å². The molecule has 1 saturated heterocycles. The first-order valence-electron chi connectivity index (χ1n) is 8.85. The van der Waals surface area contributed by atoms with E-state index in [1.54, 1.807) is 35.7 Å². The first-order valence-corrected chi connectivity index (χ1v) is 10.3. The van der Waals surface area contributed by atoms with E-state index in [1.165, 1.54) is 0 Å². The number of hydrogen-bond acceptors (Lipinski definition) is 5. The van der Waals surface area contributed by atoms with Gasteiger partial charge in [-0.05, 0) is 36.4 Å². The zero-order valence-electron chi connectivity index (χ0n) is 15.2. The van der Waals surface area contributed by atoms with Crippen LogP contribution in [0.25, 0.3) is 5.65 Å². The van der Waals surface area contributed by atoms with Gasteiger partial charge < -0.3 is 9.14 Å². The van der Waals surface area contributed by atoms with Gasteiger partial charge in [0.25, 0.3) is 0 Å². The maximum Gasteiger partial charge on any atom is 0.243 e. The molecule has 1 aliphatic heterocycles. The van der Waals surface area contributed by atoms with Crippen LogP contribution in [0.5, 0.6) is 5.75 Å². The van der Waals surface area contributed by atoms with E-state index in [-0.39, 0.29) is 0 Å². The molecule has 0 spiro atoms. The van der Waals surface area contributed by atoms with Gasteiger partial charge in [0.1, 0.15) is 11.4 Å². The Labute approximate surface area is 158 Å². The van der Waals surface area contributed by atoms with Crippen LogP contribution in [0.15, 0.2) is 59.8 Å². The van der Waals surface area contributed by atoms with Gasteiger partial charge in [0.15, 0.2) is 0 Å². The molecule has 3 heterocycles. The maximum absolute atomic E-state index is 12.8. The number of pyridine rings is 1. The Hall–Kier alpha value is -2.42. The Morgan fingerprint density at radius 2 is 1.78 bits per heavy atom. The van der Waals surface area contributed by atoms with Crippen molar-refractivity contribution in [3.8, 4) is 5.75 Å². The highest BCUT2D eigenvalue weighted by Gasteiger charge is 2.28. The van der Waals surface area contributed by atoms with Crippen LogP contribution < -0.4 is 4.74 Å². The largest absolute Gasteiger partial charge is 0.497 e. The summed E-state index contributed by atoms with van der Waals surface area (Å²) in [4.78, 5) is 6.98. The number of sulfonamides is 1. The Kier molecular flexibility index (Phi) is 4.86. The Morgan fingerprint density at radius 3 is 2.48 bits per heavy atom. The molecule has 0 radical (unpaired) electrons. The molecule has 1 aliphatic rings. The van der Waals surface area contributed by atoms with Gasteiger partial charge in [0, 0.05) is 38.9 Å². The lowest BCUT2D eigenvalue weighted by Crippen LogP contribution is -2.48. The van der Waals surface area contributed by atoms with Crippen molar-refractivity contribution >= 4 is 15.7 Å². The van der Waals surface area contributed by atoms with E-state index in [0.717, 1.165) is 17.9 Å². The molecule has 0 amide bonds. The Bertz CT molecular complexity index is 1020. The van der Waals surface area contributed by atoms with Crippen molar-refractivity contribution < 1.29 is 13.2 Å². The van der Waals surface area contributed by atoms with E-state index in [4.69, 9.17) is 4.74 Å². The Morgan fingerprint density at radius 1 is 1.04 bits per heavy atom. The highest BCUT2D eigenvalue weighted by molar-refractivity contribution is 7.89. The number of nitrogens with zero attached hydrogens (tertiary/aromatic N) is 4. The van der Waals surface area contributed by atoms with Crippen LogP contribution in [0.1, 0.15) is 5.69 Å². The number of imidazole rings is 1. The summed E-state index contributed by atoms with van der Waals surface area (Å²) in [5.74, 6) is 0.645. The summed E-state index contributed by atoms with van der Waals surface area (Å²) >= 11 is 0. The molecule has 0 atom stereocenters. The molecule has 0 bridgehead atoms. The number of aromatic nitrogens is 2. The molecule has 27 heavy (non-hydrogen) atoms. The summed E-state index contributed by atoms with van der Waals surface area (Å²) in [5.41, 5.74) is 2.03. The molecule has 0 saturated carbocycles. The lowest BCUT2D eigenvalue weighted by atomic mass is 10.3. The van der Waals surface area contributed by atoms with E-state index >= 15 is 0 Å². The quantitative estimate of drug-likeness (QED) is 0.670. The number of benzene rings is 1. The first kappa shape index (κ1) is 18.0. The molecule has 1 aromatic carbocycles.